The lowest BCUT2D eigenvalue weighted by Gasteiger charge is -2.11. The molecule has 1 unspecified atom stereocenters. The highest BCUT2D eigenvalue weighted by Gasteiger charge is 2.32. The zero-order chi connectivity index (χ0) is 13.2. The van der Waals surface area contributed by atoms with Gasteiger partial charge < -0.3 is 4.74 Å². The molecule has 0 bridgehead atoms. The van der Waals surface area contributed by atoms with Gasteiger partial charge in [-0.1, -0.05) is 15.9 Å². The molecule has 1 rings (SSSR count). The summed E-state index contributed by atoms with van der Waals surface area (Å²) in [6.07, 6.45) is -4.50. The number of ether oxygens (including phenoxy) is 1. The molecule has 0 aromatic heterocycles. The molecular weight excluding hydrogens is 301 g/mol. The van der Waals surface area contributed by atoms with Crippen molar-refractivity contribution in [2.24, 2.45) is 0 Å². The van der Waals surface area contributed by atoms with Crippen molar-refractivity contribution < 1.29 is 22.7 Å². The first-order chi connectivity index (χ1) is 7.75. The second-order valence-electron chi connectivity index (χ2n) is 3.43. The zero-order valence-electron chi connectivity index (χ0n) is 9.14. The molecule has 0 saturated carbocycles. The van der Waals surface area contributed by atoms with Gasteiger partial charge in [0.15, 0.2) is 5.78 Å². The number of rotatable bonds is 3. The topological polar surface area (TPSA) is 26.3 Å². The molecule has 94 valence electrons. The molecule has 1 atom stereocenters. The standard InChI is InChI=1S/C11H10BrF3O2/c1-6(12)10(16)7-3-8(11(13,14)15)5-9(4-7)17-2/h3-6H,1-2H3. The molecule has 0 saturated heterocycles. The van der Waals surface area contributed by atoms with Crippen LogP contribution in [0.4, 0.5) is 13.2 Å². The summed E-state index contributed by atoms with van der Waals surface area (Å²) in [4.78, 5) is 11.1. The van der Waals surface area contributed by atoms with E-state index in [1.807, 2.05) is 0 Å². The Morgan fingerprint density at radius 3 is 2.35 bits per heavy atom. The number of benzene rings is 1. The first-order valence-electron chi connectivity index (χ1n) is 4.70. The summed E-state index contributed by atoms with van der Waals surface area (Å²) in [5.74, 6) is -0.411. The van der Waals surface area contributed by atoms with E-state index in [2.05, 4.69) is 15.9 Å². The SMILES string of the molecule is COc1cc(C(=O)C(C)Br)cc(C(F)(F)F)c1. The Kier molecular flexibility index (Phi) is 4.19. The predicted molar refractivity (Wildman–Crippen MR) is 60.7 cm³/mol. The summed E-state index contributed by atoms with van der Waals surface area (Å²) in [5.41, 5.74) is -0.922. The van der Waals surface area contributed by atoms with Crippen molar-refractivity contribution in [1.82, 2.24) is 0 Å². The first kappa shape index (κ1) is 14.0. The van der Waals surface area contributed by atoms with Crippen LogP contribution in [0.15, 0.2) is 18.2 Å². The highest BCUT2D eigenvalue weighted by molar-refractivity contribution is 9.10. The quantitative estimate of drug-likeness (QED) is 0.629. The minimum absolute atomic E-state index is 0.0105. The van der Waals surface area contributed by atoms with Crippen molar-refractivity contribution in [2.45, 2.75) is 17.9 Å². The van der Waals surface area contributed by atoms with Gasteiger partial charge in [0.2, 0.25) is 0 Å². The Labute approximate surface area is 105 Å². The largest absolute Gasteiger partial charge is 0.497 e. The van der Waals surface area contributed by atoms with Gasteiger partial charge in [0.05, 0.1) is 17.5 Å². The van der Waals surface area contributed by atoms with Gasteiger partial charge in [-0.25, -0.2) is 0 Å². The van der Waals surface area contributed by atoms with Crippen LogP contribution in [0, 0.1) is 0 Å². The van der Waals surface area contributed by atoms with Crippen molar-refractivity contribution in [3.63, 3.8) is 0 Å². The van der Waals surface area contributed by atoms with Crippen molar-refractivity contribution in [3.8, 4) is 5.75 Å². The lowest BCUT2D eigenvalue weighted by Crippen LogP contribution is -2.13. The van der Waals surface area contributed by atoms with E-state index < -0.39 is 22.4 Å². The molecule has 0 spiro atoms. The highest BCUT2D eigenvalue weighted by Crippen LogP contribution is 2.33. The number of halogens is 4. The Hall–Kier alpha value is -1.04. The van der Waals surface area contributed by atoms with Crippen molar-refractivity contribution in [3.05, 3.63) is 29.3 Å². The van der Waals surface area contributed by atoms with Gasteiger partial charge in [-0.15, -0.1) is 0 Å². The van der Waals surface area contributed by atoms with Gasteiger partial charge in [0.1, 0.15) is 5.75 Å². The third kappa shape index (κ3) is 3.46. The summed E-state index contributed by atoms with van der Waals surface area (Å²) in [6, 6.07) is 2.97. The van der Waals surface area contributed by atoms with Crippen LogP contribution in [0.5, 0.6) is 5.75 Å². The summed E-state index contributed by atoms with van der Waals surface area (Å²) >= 11 is 3.03. The van der Waals surface area contributed by atoms with Crippen LogP contribution in [0.1, 0.15) is 22.8 Å². The fourth-order valence-electron chi connectivity index (χ4n) is 1.25. The van der Waals surface area contributed by atoms with Crippen LogP contribution in [-0.4, -0.2) is 17.7 Å². The third-order valence-electron chi connectivity index (χ3n) is 2.12. The van der Waals surface area contributed by atoms with Gasteiger partial charge in [-0.05, 0) is 25.1 Å². The summed E-state index contributed by atoms with van der Waals surface area (Å²) in [7, 11) is 1.25. The molecule has 6 heteroatoms. The smallest absolute Gasteiger partial charge is 0.416 e. The first-order valence-corrected chi connectivity index (χ1v) is 5.62. The van der Waals surface area contributed by atoms with Crippen LogP contribution in [-0.2, 0) is 6.18 Å². The second kappa shape index (κ2) is 5.08. The summed E-state index contributed by atoms with van der Waals surface area (Å²) in [5, 5.41) is 0. The fourth-order valence-corrected chi connectivity index (χ4v) is 1.52. The van der Waals surface area contributed by atoms with Crippen LogP contribution in [0.25, 0.3) is 0 Å². The molecular formula is C11H10BrF3O2. The van der Waals surface area contributed by atoms with E-state index >= 15 is 0 Å². The van der Waals surface area contributed by atoms with E-state index in [0.717, 1.165) is 12.1 Å². The molecule has 0 radical (unpaired) electrons. The minimum atomic E-state index is -4.50. The summed E-state index contributed by atoms with van der Waals surface area (Å²) in [6.45, 7) is 1.55. The van der Waals surface area contributed by atoms with Crippen molar-refractivity contribution in [1.29, 1.82) is 0 Å². The molecule has 1 aromatic carbocycles. The number of alkyl halides is 4. The van der Waals surface area contributed by atoms with Gasteiger partial charge in [-0.3, -0.25) is 4.79 Å². The molecule has 2 nitrogen and oxygen atoms in total. The van der Waals surface area contributed by atoms with Gasteiger partial charge in [-0.2, -0.15) is 13.2 Å². The van der Waals surface area contributed by atoms with E-state index in [1.54, 1.807) is 6.92 Å². The fraction of sp³-hybridized carbons (Fsp3) is 0.364. The lowest BCUT2D eigenvalue weighted by atomic mass is 10.0. The van der Waals surface area contributed by atoms with Gasteiger partial charge >= 0.3 is 6.18 Å². The Balaban J connectivity index is 3.28. The van der Waals surface area contributed by atoms with Crippen LogP contribution in [0.2, 0.25) is 0 Å². The van der Waals surface area contributed by atoms with Gasteiger partial charge in [0.25, 0.3) is 0 Å². The van der Waals surface area contributed by atoms with Gasteiger partial charge in [0, 0.05) is 5.56 Å². The monoisotopic (exact) mass is 310 g/mol. The molecule has 0 N–H and O–H groups in total. The average Bonchev–Trinajstić information content (AvgIpc) is 2.26. The van der Waals surface area contributed by atoms with Crippen LogP contribution < -0.4 is 4.74 Å². The number of methoxy groups -OCH3 is 1. The maximum Gasteiger partial charge on any atom is 0.416 e. The Morgan fingerprint density at radius 1 is 1.35 bits per heavy atom. The molecule has 0 amide bonds. The normalized spacial score (nSPS) is 13.3. The minimum Gasteiger partial charge on any atom is -0.497 e. The Morgan fingerprint density at radius 2 is 1.94 bits per heavy atom. The molecule has 0 aliphatic rings. The number of carbonyl (C=O) groups excluding carboxylic acids is 1. The number of ketones is 1. The van der Waals surface area contributed by atoms with E-state index in [0.29, 0.717) is 0 Å². The molecule has 17 heavy (non-hydrogen) atoms. The molecule has 1 aromatic rings. The number of hydrogen-bond donors (Lipinski definition) is 0. The predicted octanol–water partition coefficient (Wildman–Crippen LogP) is 3.68. The van der Waals surface area contributed by atoms with Crippen molar-refractivity contribution in [2.75, 3.05) is 7.11 Å². The number of hydrogen-bond acceptors (Lipinski definition) is 2. The van der Waals surface area contributed by atoms with E-state index in [4.69, 9.17) is 4.74 Å². The van der Waals surface area contributed by atoms with E-state index in [-0.39, 0.29) is 11.3 Å². The highest BCUT2D eigenvalue weighted by atomic mass is 79.9. The second-order valence-corrected chi connectivity index (χ2v) is 4.80. The number of Topliss-reactive ketones (excluding diaryl/α,β-unsaturated/α-hetero) is 1. The maximum absolute atomic E-state index is 12.6. The van der Waals surface area contributed by atoms with E-state index in [9.17, 15) is 18.0 Å². The molecule has 0 aliphatic heterocycles. The number of carbonyl (C=O) groups is 1. The summed E-state index contributed by atoms with van der Waals surface area (Å²) < 4.78 is 42.5. The maximum atomic E-state index is 12.6. The zero-order valence-corrected chi connectivity index (χ0v) is 10.7. The van der Waals surface area contributed by atoms with Crippen LogP contribution >= 0.6 is 15.9 Å². The molecule has 0 fully saturated rings. The average molecular weight is 311 g/mol. The van der Waals surface area contributed by atoms with Crippen LogP contribution in [0.3, 0.4) is 0 Å². The molecule has 0 heterocycles. The molecule has 0 aliphatic carbocycles. The van der Waals surface area contributed by atoms with E-state index in [1.165, 1.54) is 13.2 Å². The Bertz CT molecular complexity index is 427. The third-order valence-corrected chi connectivity index (χ3v) is 2.53. The van der Waals surface area contributed by atoms with Crippen molar-refractivity contribution >= 4 is 21.7 Å². The lowest BCUT2D eigenvalue weighted by molar-refractivity contribution is -0.137.